The number of Topliss-reactive ketones (excluding diaryl/α,β-unsaturated/α-hetero) is 3. The number of fused-ring (bicyclic) bond motifs is 2. The van der Waals surface area contributed by atoms with Crippen LogP contribution in [0.5, 0.6) is 0 Å². The highest BCUT2D eigenvalue weighted by Crippen LogP contribution is 2.51. The van der Waals surface area contributed by atoms with Crippen LogP contribution in [0.25, 0.3) is 0 Å². The zero-order chi connectivity index (χ0) is 37.3. The molecule has 0 radical (unpaired) electrons. The topological polar surface area (TPSA) is 164 Å². The maximum absolute atomic E-state index is 14.4. The van der Waals surface area contributed by atoms with Gasteiger partial charge in [0.2, 0.25) is 11.6 Å². The van der Waals surface area contributed by atoms with Crippen molar-refractivity contribution in [3.05, 3.63) is 59.6 Å². The van der Waals surface area contributed by atoms with Gasteiger partial charge in [-0.1, -0.05) is 27.7 Å². The van der Waals surface area contributed by atoms with E-state index in [0.29, 0.717) is 88.2 Å². The van der Waals surface area contributed by atoms with Gasteiger partial charge in [-0.2, -0.15) is 0 Å². The van der Waals surface area contributed by atoms with Crippen LogP contribution in [0.4, 0.5) is 11.6 Å². The minimum absolute atomic E-state index is 0.154. The molecule has 2 aromatic heterocycles. The predicted molar refractivity (Wildman–Crippen MR) is 188 cm³/mol. The molecule has 0 saturated heterocycles. The van der Waals surface area contributed by atoms with E-state index in [1.165, 1.54) is 14.2 Å². The molecule has 1 fully saturated rings. The van der Waals surface area contributed by atoms with Crippen molar-refractivity contribution >= 4 is 34.7 Å². The lowest BCUT2D eigenvalue weighted by atomic mass is 9.75. The fourth-order valence-corrected chi connectivity index (χ4v) is 7.66. The Bertz CT molecular complexity index is 1720. The molecule has 1 aliphatic carbocycles. The van der Waals surface area contributed by atoms with E-state index in [-0.39, 0.29) is 18.8 Å². The molecule has 2 aromatic rings. The van der Waals surface area contributed by atoms with Crippen molar-refractivity contribution in [2.45, 2.75) is 64.2 Å². The highest BCUT2D eigenvalue weighted by Gasteiger charge is 2.53. The van der Waals surface area contributed by atoms with E-state index in [4.69, 9.17) is 29.2 Å². The summed E-state index contributed by atoms with van der Waals surface area (Å²) in [5.41, 5.74) is 1.46. The lowest BCUT2D eigenvalue weighted by Gasteiger charge is -2.31. The Morgan fingerprint density at radius 2 is 1.33 bits per heavy atom. The van der Waals surface area contributed by atoms with Crippen LogP contribution < -0.4 is 4.90 Å². The molecule has 2 aliphatic heterocycles. The highest BCUT2D eigenvalue weighted by atomic mass is 17.2. The van der Waals surface area contributed by atoms with Crippen molar-refractivity contribution in [1.82, 2.24) is 19.9 Å². The number of allylic oxidation sites excluding steroid dienone is 4. The van der Waals surface area contributed by atoms with Gasteiger partial charge in [0.25, 0.3) is 0 Å². The van der Waals surface area contributed by atoms with Crippen LogP contribution in [0.1, 0.15) is 64.8 Å². The number of hydrogen-bond acceptors (Lipinski definition) is 14. The number of anilines is 1. The lowest BCUT2D eigenvalue weighted by Crippen LogP contribution is -2.35. The molecule has 4 heterocycles. The van der Waals surface area contributed by atoms with Crippen molar-refractivity contribution in [1.29, 1.82) is 0 Å². The van der Waals surface area contributed by atoms with Crippen molar-refractivity contribution in [2.75, 3.05) is 71.9 Å². The summed E-state index contributed by atoms with van der Waals surface area (Å²) < 4.78 is 13.5. The molecule has 0 amide bonds. The van der Waals surface area contributed by atoms with Gasteiger partial charge >= 0.3 is 5.82 Å². The number of carbonyl (C=O) groups excluding carboxylic acids is 3. The van der Waals surface area contributed by atoms with Crippen LogP contribution in [0, 0.1) is 5.92 Å². The largest absolute Gasteiger partial charge is 0.377 e. The van der Waals surface area contributed by atoms with Gasteiger partial charge in [-0.25, -0.2) is 34.1 Å². The van der Waals surface area contributed by atoms with Gasteiger partial charge in [0.15, 0.2) is 17.8 Å². The molecule has 1 saturated carbocycles. The summed E-state index contributed by atoms with van der Waals surface area (Å²) in [4.78, 5) is 81.9. The van der Waals surface area contributed by atoms with E-state index in [0.717, 1.165) is 11.4 Å². The van der Waals surface area contributed by atoms with E-state index >= 15 is 0 Å². The summed E-state index contributed by atoms with van der Waals surface area (Å²) in [6, 6.07) is 0. The predicted octanol–water partition coefficient (Wildman–Crippen LogP) is 3.34. The van der Waals surface area contributed by atoms with Gasteiger partial charge in [0.05, 0.1) is 68.9 Å². The van der Waals surface area contributed by atoms with Crippen LogP contribution in [-0.2, 0) is 54.2 Å². The Morgan fingerprint density at radius 3 is 1.96 bits per heavy atom. The third-order valence-corrected chi connectivity index (χ3v) is 10.4. The maximum atomic E-state index is 14.4. The molecule has 3 aliphatic rings. The summed E-state index contributed by atoms with van der Waals surface area (Å²) in [5, 5.41) is 0. The zero-order valence-corrected chi connectivity index (χ0v) is 30.9. The first-order valence-corrected chi connectivity index (χ1v) is 17.9. The van der Waals surface area contributed by atoms with Gasteiger partial charge in [0, 0.05) is 24.6 Å². The number of carbonyl (C=O) groups is 3. The molecule has 52 heavy (non-hydrogen) atoms. The first-order chi connectivity index (χ1) is 25.3. The van der Waals surface area contributed by atoms with Gasteiger partial charge in [-0.15, -0.1) is 0 Å². The van der Waals surface area contributed by atoms with Gasteiger partial charge < -0.3 is 14.4 Å². The van der Waals surface area contributed by atoms with Crippen molar-refractivity contribution in [3.8, 4) is 0 Å². The molecular formula is C37H49N6O9+. The Kier molecular flexibility index (Phi) is 13.2. The summed E-state index contributed by atoms with van der Waals surface area (Å²) >= 11 is 0. The minimum Gasteiger partial charge on any atom is -0.377 e. The fourth-order valence-electron chi connectivity index (χ4n) is 7.66. The number of nitrogens with zero attached hydrogens (tertiary/aromatic N) is 6. The maximum Gasteiger partial charge on any atom is 0.346 e. The van der Waals surface area contributed by atoms with Crippen molar-refractivity contribution < 1.29 is 48.0 Å². The molecule has 280 valence electrons. The molecule has 0 bridgehead atoms. The Labute approximate surface area is 303 Å². The lowest BCUT2D eigenvalue weighted by molar-refractivity contribution is -0.446. The number of hydrogen-bond donors (Lipinski definition) is 0. The van der Waals surface area contributed by atoms with Crippen LogP contribution in [0.15, 0.2) is 48.2 Å². The average Bonchev–Trinajstić information content (AvgIpc) is 3.67. The smallest absolute Gasteiger partial charge is 0.346 e. The molecule has 5 rings (SSSR count). The van der Waals surface area contributed by atoms with Crippen molar-refractivity contribution in [3.63, 3.8) is 0 Å². The normalized spacial score (nSPS) is 20.5. The first kappa shape index (κ1) is 39.1. The molecule has 15 nitrogen and oxygen atoms in total. The number of rotatable bonds is 20. The zero-order valence-electron chi connectivity index (χ0n) is 30.9. The van der Waals surface area contributed by atoms with Crippen LogP contribution in [-0.4, -0.2) is 115 Å². The standard InChI is InChI=1S/C37H49N6O9/c1-7-36(8-2)27(42(15-17-49-19-21-51-47-5)34-32(36)38-11-13-40-34)23-25-29(44)26(31(46)30(25)45)24-28-37(9-3,10-4)33-35(41-14-12-39-33)43(28)16-18-50-20-22-52-48-6/h11-14,23-25H,7-10,15-22H2,1-6H3/q+1/b26-24-,27-23-. The fraction of sp³-hybridized carbons (Fsp3) is 0.568. The van der Waals surface area contributed by atoms with Gasteiger partial charge in [-0.3, -0.25) is 19.4 Å². The summed E-state index contributed by atoms with van der Waals surface area (Å²) in [6.07, 6.45) is 12.3. The third kappa shape index (κ3) is 7.13. The average molecular weight is 722 g/mol. The highest BCUT2D eigenvalue weighted by molar-refractivity contribution is 6.60. The van der Waals surface area contributed by atoms with Crippen molar-refractivity contribution in [2.24, 2.45) is 5.92 Å². The Morgan fingerprint density at radius 1 is 0.731 bits per heavy atom. The molecule has 0 N–H and O–H groups in total. The minimum atomic E-state index is -1.31. The quantitative estimate of drug-likeness (QED) is 0.0286. The van der Waals surface area contributed by atoms with E-state index in [2.05, 4.69) is 19.7 Å². The Balaban J connectivity index is 1.54. The SMILES string of the molecule is CCC1(CC)C(/C=C2\C(=O)C(=O)C(/C=C3\N(CCOCCOOC)c4nccnc4C3(CC)CC)C2=O)=[N+](CCOCCOOC)c2nccnc21. The third-order valence-electron chi connectivity index (χ3n) is 10.4. The van der Waals surface area contributed by atoms with Crippen LogP contribution in [0.3, 0.4) is 0 Å². The van der Waals surface area contributed by atoms with E-state index in [1.54, 1.807) is 36.9 Å². The molecule has 1 atom stereocenters. The van der Waals surface area contributed by atoms with E-state index in [9.17, 15) is 14.4 Å². The Hall–Kier alpha value is -4.12. The van der Waals surface area contributed by atoms with Crippen LogP contribution >= 0.6 is 0 Å². The summed E-state index contributed by atoms with van der Waals surface area (Å²) in [5.74, 6) is -2.18. The second-order valence-electron chi connectivity index (χ2n) is 12.6. The summed E-state index contributed by atoms with van der Waals surface area (Å²) in [6.45, 7) is 10.6. The second kappa shape index (κ2) is 17.6. The molecule has 15 heteroatoms. The van der Waals surface area contributed by atoms with Gasteiger partial charge in [0.1, 0.15) is 37.1 Å². The second-order valence-corrected chi connectivity index (χ2v) is 12.6. The van der Waals surface area contributed by atoms with Crippen LogP contribution in [0.2, 0.25) is 0 Å². The summed E-state index contributed by atoms with van der Waals surface area (Å²) in [7, 11) is 2.86. The first-order valence-electron chi connectivity index (χ1n) is 17.9. The monoisotopic (exact) mass is 721 g/mol. The molecule has 1 unspecified atom stereocenters. The number of ketones is 3. The van der Waals surface area contributed by atoms with E-state index in [1.807, 2.05) is 37.2 Å². The van der Waals surface area contributed by atoms with Gasteiger partial charge in [-0.05, 0) is 42.8 Å². The molecular weight excluding hydrogens is 672 g/mol. The molecule has 0 aromatic carbocycles. The molecule has 0 spiro atoms. The van der Waals surface area contributed by atoms with E-state index < -0.39 is 34.1 Å². The number of aromatic nitrogens is 4. The number of ether oxygens (including phenoxy) is 2.